The highest BCUT2D eigenvalue weighted by Crippen LogP contribution is 2.22. The van der Waals surface area contributed by atoms with Crippen LogP contribution in [-0.2, 0) is 18.2 Å². The number of ketones is 2. The molecule has 0 bridgehead atoms. The first-order valence-corrected chi connectivity index (χ1v) is 8.39. The number of hydrogen-bond acceptors (Lipinski definition) is 4. The largest absolute Gasteiger partial charge is 0.453 e. The monoisotopic (exact) mass is 352 g/mol. The van der Waals surface area contributed by atoms with Crippen LogP contribution in [0.2, 0.25) is 0 Å². The lowest BCUT2D eigenvalue weighted by molar-refractivity contribution is 0.0465. The molecule has 6 heteroatoms. The standard InChI is InChI=1S/C20H20N2O4/c1-4-13-6-5-7-15-16(9-21-19(13)15)18(24)11-26-20(25)17-8-14(12(2)23)10-22(17)3/h5-10,21H,4,11H2,1-3H3. The van der Waals surface area contributed by atoms with Gasteiger partial charge in [0.15, 0.2) is 12.4 Å². The summed E-state index contributed by atoms with van der Waals surface area (Å²) in [6.07, 6.45) is 4.06. The van der Waals surface area contributed by atoms with Gasteiger partial charge in [-0.2, -0.15) is 0 Å². The van der Waals surface area contributed by atoms with E-state index in [1.165, 1.54) is 17.6 Å². The molecule has 0 atom stereocenters. The van der Waals surface area contributed by atoms with Crippen LogP contribution in [0, 0.1) is 0 Å². The minimum atomic E-state index is -0.637. The van der Waals surface area contributed by atoms with E-state index in [2.05, 4.69) is 4.98 Å². The van der Waals surface area contributed by atoms with Crippen LogP contribution in [-0.4, -0.2) is 33.7 Å². The molecule has 0 amide bonds. The number of nitrogens with zero attached hydrogens (tertiary/aromatic N) is 1. The fourth-order valence-electron chi connectivity index (χ4n) is 2.99. The van der Waals surface area contributed by atoms with Gasteiger partial charge < -0.3 is 14.3 Å². The van der Waals surface area contributed by atoms with Crippen molar-refractivity contribution in [3.8, 4) is 0 Å². The fraction of sp³-hybridized carbons (Fsp3) is 0.250. The van der Waals surface area contributed by atoms with Gasteiger partial charge >= 0.3 is 5.97 Å². The molecule has 134 valence electrons. The summed E-state index contributed by atoms with van der Waals surface area (Å²) in [7, 11) is 1.65. The Morgan fingerprint density at radius 3 is 2.65 bits per heavy atom. The summed E-state index contributed by atoms with van der Waals surface area (Å²) in [5, 5.41) is 0.822. The first-order chi connectivity index (χ1) is 12.4. The van der Waals surface area contributed by atoms with Crippen LogP contribution < -0.4 is 0 Å². The van der Waals surface area contributed by atoms with Crippen LogP contribution in [0.1, 0.15) is 50.6 Å². The van der Waals surface area contributed by atoms with E-state index < -0.39 is 5.97 Å². The highest BCUT2D eigenvalue weighted by atomic mass is 16.5. The Labute approximate surface area is 150 Å². The van der Waals surface area contributed by atoms with Gasteiger partial charge in [-0.3, -0.25) is 9.59 Å². The normalized spacial score (nSPS) is 10.9. The molecule has 2 heterocycles. The van der Waals surface area contributed by atoms with Gasteiger partial charge in [-0.25, -0.2) is 4.79 Å². The van der Waals surface area contributed by atoms with Crippen LogP contribution in [0.25, 0.3) is 10.9 Å². The molecule has 3 aromatic rings. The molecule has 0 aliphatic heterocycles. The van der Waals surface area contributed by atoms with Gasteiger partial charge in [-0.1, -0.05) is 25.1 Å². The first kappa shape index (κ1) is 17.7. The third kappa shape index (κ3) is 3.18. The Morgan fingerprint density at radius 2 is 2.00 bits per heavy atom. The number of rotatable bonds is 6. The van der Waals surface area contributed by atoms with Crippen LogP contribution >= 0.6 is 0 Å². The molecule has 0 unspecified atom stereocenters. The van der Waals surface area contributed by atoms with Crippen LogP contribution in [0.5, 0.6) is 0 Å². The van der Waals surface area contributed by atoms with Crippen LogP contribution in [0.4, 0.5) is 0 Å². The van der Waals surface area contributed by atoms with Crippen molar-refractivity contribution in [2.75, 3.05) is 6.61 Å². The van der Waals surface area contributed by atoms with E-state index in [4.69, 9.17) is 4.74 Å². The number of fused-ring (bicyclic) bond motifs is 1. The lowest BCUT2D eigenvalue weighted by atomic mass is 10.1. The number of aromatic amines is 1. The van der Waals surface area contributed by atoms with Crippen molar-refractivity contribution < 1.29 is 19.1 Å². The van der Waals surface area contributed by atoms with E-state index in [1.54, 1.807) is 19.4 Å². The molecule has 0 fully saturated rings. The topological polar surface area (TPSA) is 81.2 Å². The summed E-state index contributed by atoms with van der Waals surface area (Å²) in [5.74, 6) is -1.05. The highest BCUT2D eigenvalue weighted by Gasteiger charge is 2.19. The van der Waals surface area contributed by atoms with E-state index >= 15 is 0 Å². The third-order valence-electron chi connectivity index (χ3n) is 4.44. The number of H-pyrrole nitrogens is 1. The Hall–Kier alpha value is -3.15. The molecular weight excluding hydrogens is 332 g/mol. The summed E-state index contributed by atoms with van der Waals surface area (Å²) < 4.78 is 6.68. The molecule has 0 aliphatic rings. The Kier molecular flexibility index (Phi) is 4.75. The predicted molar refractivity (Wildman–Crippen MR) is 97.7 cm³/mol. The lowest BCUT2D eigenvalue weighted by Crippen LogP contribution is -2.16. The second-order valence-electron chi connectivity index (χ2n) is 6.18. The van der Waals surface area contributed by atoms with Crippen LogP contribution in [0.15, 0.2) is 36.7 Å². The number of hydrogen-bond donors (Lipinski definition) is 1. The smallest absolute Gasteiger partial charge is 0.355 e. The zero-order chi connectivity index (χ0) is 18.8. The number of nitrogens with one attached hydrogen (secondary N) is 1. The number of ether oxygens (including phenoxy) is 1. The van der Waals surface area contributed by atoms with E-state index in [0.717, 1.165) is 22.9 Å². The molecule has 0 spiro atoms. The number of carbonyl (C=O) groups is 3. The summed E-state index contributed by atoms with van der Waals surface area (Å²) in [6.45, 7) is 3.12. The minimum absolute atomic E-state index is 0.138. The van der Waals surface area contributed by atoms with Gasteiger partial charge in [-0.15, -0.1) is 0 Å². The fourth-order valence-corrected chi connectivity index (χ4v) is 2.99. The van der Waals surface area contributed by atoms with Crippen molar-refractivity contribution in [3.63, 3.8) is 0 Å². The van der Waals surface area contributed by atoms with Crippen molar-refractivity contribution in [3.05, 3.63) is 59.0 Å². The molecule has 26 heavy (non-hydrogen) atoms. The predicted octanol–water partition coefficient (Wildman–Crippen LogP) is 3.31. The van der Waals surface area contributed by atoms with Gasteiger partial charge in [0.2, 0.25) is 5.78 Å². The molecule has 6 nitrogen and oxygen atoms in total. The SMILES string of the molecule is CCc1cccc2c(C(=O)COC(=O)c3cc(C(C)=O)cn3C)c[nH]c12. The van der Waals surface area contributed by atoms with E-state index in [1.807, 2.05) is 25.1 Å². The third-order valence-corrected chi connectivity index (χ3v) is 4.44. The van der Waals surface area contributed by atoms with Crippen molar-refractivity contribution in [2.24, 2.45) is 7.05 Å². The molecule has 2 aromatic heterocycles. The highest BCUT2D eigenvalue weighted by molar-refractivity contribution is 6.09. The number of Topliss-reactive ketones (excluding diaryl/α,β-unsaturated/α-hetero) is 2. The Balaban J connectivity index is 1.75. The van der Waals surface area contributed by atoms with Crippen LogP contribution in [0.3, 0.4) is 0 Å². The van der Waals surface area contributed by atoms with E-state index in [-0.39, 0.29) is 23.9 Å². The van der Waals surface area contributed by atoms with Gasteiger partial charge in [0.05, 0.1) is 0 Å². The second-order valence-corrected chi connectivity index (χ2v) is 6.18. The summed E-state index contributed by atoms with van der Waals surface area (Å²) in [4.78, 5) is 39.3. The zero-order valence-corrected chi connectivity index (χ0v) is 15.0. The molecular formula is C20H20N2O4. The summed E-state index contributed by atoms with van der Waals surface area (Å²) in [6, 6.07) is 7.25. The molecule has 1 N–H and O–H groups in total. The van der Waals surface area contributed by atoms with Gasteiger partial charge in [-0.05, 0) is 25.0 Å². The first-order valence-electron chi connectivity index (χ1n) is 8.39. The summed E-state index contributed by atoms with van der Waals surface area (Å²) >= 11 is 0. The van der Waals surface area contributed by atoms with Crippen molar-refractivity contribution in [1.29, 1.82) is 0 Å². The van der Waals surface area contributed by atoms with Gasteiger partial charge in [0, 0.05) is 41.5 Å². The number of carbonyl (C=O) groups excluding carboxylic acids is 3. The number of aromatic nitrogens is 2. The number of para-hydroxylation sites is 1. The van der Waals surface area contributed by atoms with E-state index in [0.29, 0.717) is 11.1 Å². The van der Waals surface area contributed by atoms with Gasteiger partial charge in [0.25, 0.3) is 0 Å². The minimum Gasteiger partial charge on any atom is -0.453 e. The maximum atomic E-state index is 12.5. The average molecular weight is 352 g/mol. The van der Waals surface area contributed by atoms with Crippen molar-refractivity contribution in [2.45, 2.75) is 20.3 Å². The second kappa shape index (κ2) is 7.00. The molecule has 3 rings (SSSR count). The average Bonchev–Trinajstić information content (AvgIpc) is 3.23. The van der Waals surface area contributed by atoms with Crippen molar-refractivity contribution >= 4 is 28.4 Å². The molecule has 0 aliphatic carbocycles. The molecule has 0 saturated carbocycles. The quantitative estimate of drug-likeness (QED) is 0.545. The maximum absolute atomic E-state index is 12.5. The van der Waals surface area contributed by atoms with Crippen molar-refractivity contribution in [1.82, 2.24) is 9.55 Å². The Bertz CT molecular complexity index is 1010. The zero-order valence-electron chi connectivity index (χ0n) is 15.0. The number of aryl methyl sites for hydroxylation is 2. The number of esters is 1. The molecule has 0 saturated heterocycles. The molecule has 1 aromatic carbocycles. The molecule has 0 radical (unpaired) electrons. The number of benzene rings is 1. The Morgan fingerprint density at radius 1 is 1.23 bits per heavy atom. The summed E-state index contributed by atoms with van der Waals surface area (Å²) in [5.41, 5.74) is 3.21. The lowest BCUT2D eigenvalue weighted by Gasteiger charge is -2.05. The van der Waals surface area contributed by atoms with E-state index in [9.17, 15) is 14.4 Å². The maximum Gasteiger partial charge on any atom is 0.355 e. The van der Waals surface area contributed by atoms with Gasteiger partial charge in [0.1, 0.15) is 5.69 Å².